The maximum atomic E-state index is 11.0. The van der Waals surface area contributed by atoms with Crippen molar-refractivity contribution in [2.75, 3.05) is 0 Å². The Kier molecular flexibility index (Phi) is 1.32. The Hall–Kier alpha value is -1.87. The molecule has 12 heavy (non-hydrogen) atoms. The first-order valence-electron chi connectivity index (χ1n) is 3.30. The second kappa shape index (κ2) is 2.32. The van der Waals surface area contributed by atoms with Crippen molar-refractivity contribution in [2.45, 2.75) is 0 Å². The van der Waals surface area contributed by atoms with Gasteiger partial charge < -0.3 is 4.42 Å². The van der Waals surface area contributed by atoms with Crippen LogP contribution in [0.1, 0.15) is 5.76 Å². The Labute approximate surface area is 67.4 Å². The van der Waals surface area contributed by atoms with Gasteiger partial charge in [-0.1, -0.05) is 0 Å². The van der Waals surface area contributed by atoms with Crippen LogP contribution in [0.3, 0.4) is 0 Å². The molecule has 5 nitrogen and oxygen atoms in total. The molecule has 1 aromatic rings. The van der Waals surface area contributed by atoms with E-state index in [1.165, 1.54) is 17.0 Å². The number of aliphatic imine (C=N–C) groups is 2. The third-order valence-electron chi connectivity index (χ3n) is 1.50. The molecule has 5 heteroatoms. The van der Waals surface area contributed by atoms with Crippen molar-refractivity contribution in [3.63, 3.8) is 0 Å². The van der Waals surface area contributed by atoms with E-state index in [4.69, 9.17) is 4.42 Å². The third-order valence-corrected chi connectivity index (χ3v) is 1.50. The molecule has 0 unspecified atom stereocenters. The van der Waals surface area contributed by atoms with E-state index in [-0.39, 0.29) is 0 Å². The minimum absolute atomic E-state index is 0.365. The molecule has 1 aromatic heterocycles. The molecule has 0 spiro atoms. The Morgan fingerprint density at radius 2 is 2.50 bits per heavy atom. The summed E-state index contributed by atoms with van der Waals surface area (Å²) in [6.45, 7) is 0. The topological polar surface area (TPSA) is 59.9 Å². The number of hydrogen-bond donors (Lipinski definition) is 0. The Morgan fingerprint density at radius 1 is 1.67 bits per heavy atom. The fraction of sp³-hybridized carbons (Fsp3) is 0.143. The minimum atomic E-state index is -0.445. The highest BCUT2D eigenvalue weighted by Crippen LogP contribution is 2.14. The van der Waals surface area contributed by atoms with Crippen LogP contribution >= 0.6 is 0 Å². The molecule has 0 N–H and O–H groups in total. The molecule has 1 aliphatic heterocycles. The van der Waals surface area contributed by atoms with Crippen molar-refractivity contribution in [2.24, 2.45) is 17.0 Å². The van der Waals surface area contributed by atoms with Gasteiger partial charge in [-0.2, -0.15) is 4.99 Å². The van der Waals surface area contributed by atoms with Crippen LogP contribution in [0.15, 0.2) is 25.4 Å². The van der Waals surface area contributed by atoms with E-state index in [9.17, 15) is 4.79 Å². The fourth-order valence-corrected chi connectivity index (χ4v) is 0.902. The molecule has 2 rings (SSSR count). The summed E-state index contributed by atoms with van der Waals surface area (Å²) in [7, 11) is 1.58. The zero-order chi connectivity index (χ0) is 8.55. The van der Waals surface area contributed by atoms with Gasteiger partial charge in [-0.15, -0.1) is 0 Å². The quantitative estimate of drug-likeness (QED) is 0.549. The lowest BCUT2D eigenvalue weighted by atomic mass is 10.5. The summed E-state index contributed by atoms with van der Waals surface area (Å²) in [5.74, 6) is 2.90. The summed E-state index contributed by atoms with van der Waals surface area (Å²) in [6.07, 6.45) is 2.83. The third kappa shape index (κ3) is 0.844. The summed E-state index contributed by atoms with van der Waals surface area (Å²) in [5, 5.41) is 0. The molecule has 0 aromatic carbocycles. The van der Waals surface area contributed by atoms with Gasteiger partial charge in [0.15, 0.2) is 11.6 Å². The second-order valence-corrected chi connectivity index (χ2v) is 2.26. The molecule has 60 valence electrons. The van der Waals surface area contributed by atoms with E-state index in [0.29, 0.717) is 11.6 Å². The molecular formula is C7H5N3O2. The summed E-state index contributed by atoms with van der Waals surface area (Å²) in [4.78, 5) is 18.6. The zero-order valence-corrected chi connectivity index (χ0v) is 6.31. The Balaban J connectivity index is 2.82. The van der Waals surface area contributed by atoms with E-state index in [2.05, 4.69) is 15.9 Å². The highest BCUT2D eigenvalue weighted by molar-refractivity contribution is 5.85. The average Bonchev–Trinajstić information content (AvgIpc) is 2.30. The van der Waals surface area contributed by atoms with Crippen molar-refractivity contribution >= 4 is 17.9 Å². The van der Waals surface area contributed by atoms with Gasteiger partial charge in [-0.25, -0.2) is 4.79 Å². The number of fused-ring (bicyclic) bond motifs is 1. The second-order valence-electron chi connectivity index (χ2n) is 2.26. The van der Waals surface area contributed by atoms with Crippen molar-refractivity contribution < 1.29 is 4.42 Å². The molecule has 0 radical (unpaired) electrons. The van der Waals surface area contributed by atoms with Gasteiger partial charge in [0.05, 0.1) is 12.4 Å². The van der Waals surface area contributed by atoms with Crippen LogP contribution in [0, 0.1) is 0 Å². The molecular weight excluding hydrogens is 158 g/mol. The van der Waals surface area contributed by atoms with Gasteiger partial charge in [-0.3, -0.25) is 9.56 Å². The number of nitrogens with zero attached hydrogens (tertiary/aromatic N) is 3. The van der Waals surface area contributed by atoms with Crippen LogP contribution in [0.25, 0.3) is 0 Å². The van der Waals surface area contributed by atoms with Crippen molar-refractivity contribution in [3.05, 3.63) is 22.5 Å². The van der Waals surface area contributed by atoms with Crippen LogP contribution < -0.4 is 5.76 Å². The van der Waals surface area contributed by atoms with Crippen LogP contribution in [0.5, 0.6) is 0 Å². The highest BCUT2D eigenvalue weighted by Gasteiger charge is 2.11. The Bertz CT molecular complexity index is 457. The number of aromatic nitrogens is 1. The summed E-state index contributed by atoms with van der Waals surface area (Å²) in [5.41, 5.74) is 0. The predicted octanol–water partition coefficient (Wildman–Crippen LogP) is 0.226. The maximum Gasteiger partial charge on any atom is 0.420 e. The summed E-state index contributed by atoms with van der Waals surface area (Å²) < 4.78 is 6.12. The molecule has 2 heterocycles. The normalized spacial score (nSPS) is 13.1. The maximum absolute atomic E-state index is 11.0. The molecule has 0 bridgehead atoms. The largest absolute Gasteiger partial charge is 0.420 e. The van der Waals surface area contributed by atoms with E-state index in [1.54, 1.807) is 7.05 Å². The van der Waals surface area contributed by atoms with E-state index in [0.717, 1.165) is 0 Å². The highest BCUT2D eigenvalue weighted by atomic mass is 16.4. The van der Waals surface area contributed by atoms with Crippen LogP contribution in [-0.2, 0) is 7.05 Å². The first-order chi connectivity index (χ1) is 5.79. The van der Waals surface area contributed by atoms with E-state index in [1.807, 2.05) is 0 Å². The van der Waals surface area contributed by atoms with Gasteiger partial charge in [0.2, 0.25) is 0 Å². The molecule has 0 aliphatic carbocycles. The number of rotatable bonds is 0. The van der Waals surface area contributed by atoms with Gasteiger partial charge in [0.25, 0.3) is 0 Å². The molecule has 0 saturated heterocycles. The fourth-order valence-electron chi connectivity index (χ4n) is 0.902. The van der Waals surface area contributed by atoms with E-state index < -0.39 is 5.76 Å². The zero-order valence-electron chi connectivity index (χ0n) is 6.31. The van der Waals surface area contributed by atoms with Crippen LogP contribution in [-0.4, -0.2) is 16.7 Å². The predicted molar refractivity (Wildman–Crippen MR) is 43.2 cm³/mol. The van der Waals surface area contributed by atoms with Gasteiger partial charge in [0, 0.05) is 12.9 Å². The van der Waals surface area contributed by atoms with Crippen molar-refractivity contribution in [1.82, 2.24) is 4.57 Å². The molecule has 0 atom stereocenters. The monoisotopic (exact) mass is 163 g/mol. The molecule has 0 amide bonds. The lowest BCUT2D eigenvalue weighted by Gasteiger charge is -1.87. The van der Waals surface area contributed by atoms with Crippen LogP contribution in [0.2, 0.25) is 0 Å². The lowest BCUT2D eigenvalue weighted by molar-refractivity contribution is 0.490. The average molecular weight is 163 g/mol. The van der Waals surface area contributed by atoms with Crippen molar-refractivity contribution in [1.29, 1.82) is 0 Å². The van der Waals surface area contributed by atoms with Gasteiger partial charge in [0.1, 0.15) is 0 Å². The van der Waals surface area contributed by atoms with Crippen LogP contribution in [0.4, 0.5) is 5.82 Å². The van der Waals surface area contributed by atoms with Crippen molar-refractivity contribution in [3.8, 4) is 0 Å². The SMILES string of the molecule is Cn1c2c(oc1=O)C=NC=C=N2. The van der Waals surface area contributed by atoms with Gasteiger partial charge in [-0.05, 0) is 0 Å². The first kappa shape index (κ1) is 6.82. The number of oxazole rings is 1. The molecule has 0 fully saturated rings. The lowest BCUT2D eigenvalue weighted by Crippen LogP contribution is -2.08. The van der Waals surface area contributed by atoms with E-state index >= 15 is 0 Å². The Morgan fingerprint density at radius 3 is 3.33 bits per heavy atom. The summed E-state index contributed by atoms with van der Waals surface area (Å²) >= 11 is 0. The molecule has 0 saturated carbocycles. The summed E-state index contributed by atoms with van der Waals surface area (Å²) in [6, 6.07) is 0. The minimum Gasteiger partial charge on any atom is -0.404 e. The number of hydrogen-bond acceptors (Lipinski definition) is 4. The first-order valence-corrected chi connectivity index (χ1v) is 3.30. The standard InChI is InChI=1S/C7H5N3O2/c1-10-6-5(12-7(10)11)4-8-2-3-9-6/h2,4H,1H3. The molecule has 1 aliphatic rings. The van der Waals surface area contributed by atoms with Gasteiger partial charge >= 0.3 is 5.76 Å². The smallest absolute Gasteiger partial charge is 0.404 e.